The molecule has 1 amide bonds. The summed E-state index contributed by atoms with van der Waals surface area (Å²) in [6, 6.07) is 9.84. The molecule has 1 atom stereocenters. The van der Waals surface area contributed by atoms with Crippen LogP contribution < -0.4 is 5.32 Å². The maximum absolute atomic E-state index is 12.3. The lowest BCUT2D eigenvalue weighted by Gasteiger charge is -2.31. The number of rotatable bonds is 4. The van der Waals surface area contributed by atoms with E-state index in [4.69, 9.17) is 0 Å². The molecule has 0 radical (unpaired) electrons. The summed E-state index contributed by atoms with van der Waals surface area (Å²) in [6.07, 6.45) is 3.70. The summed E-state index contributed by atoms with van der Waals surface area (Å²) in [5.74, 6) is 0.0232. The van der Waals surface area contributed by atoms with Gasteiger partial charge in [0.05, 0.1) is 5.69 Å². The first-order valence-electron chi connectivity index (χ1n) is 7.76. The van der Waals surface area contributed by atoms with Crippen LogP contribution in [0.25, 0.3) is 5.69 Å². The zero-order valence-corrected chi connectivity index (χ0v) is 12.8. The van der Waals surface area contributed by atoms with Crippen LogP contribution >= 0.6 is 0 Å². The van der Waals surface area contributed by atoms with Crippen molar-refractivity contribution in [2.75, 3.05) is 19.6 Å². The molecule has 0 saturated carbocycles. The molecule has 2 aromatic rings. The summed E-state index contributed by atoms with van der Waals surface area (Å²) in [5, 5.41) is 7.31. The summed E-state index contributed by atoms with van der Waals surface area (Å²) >= 11 is 0. The quantitative estimate of drug-likeness (QED) is 0.929. The molecule has 3 rings (SSSR count). The monoisotopic (exact) mass is 299 g/mol. The highest BCUT2D eigenvalue weighted by atomic mass is 16.2. The van der Waals surface area contributed by atoms with Crippen molar-refractivity contribution in [1.82, 2.24) is 25.0 Å². The van der Waals surface area contributed by atoms with Crippen molar-refractivity contribution in [2.45, 2.75) is 25.8 Å². The van der Waals surface area contributed by atoms with Crippen LogP contribution in [0.1, 0.15) is 30.4 Å². The van der Waals surface area contributed by atoms with Crippen LogP contribution in [0.4, 0.5) is 0 Å². The molecule has 0 aliphatic carbocycles. The molecule has 1 aromatic carbocycles. The van der Waals surface area contributed by atoms with Crippen LogP contribution in [-0.2, 0) is 0 Å². The van der Waals surface area contributed by atoms with E-state index in [9.17, 15) is 4.79 Å². The first-order chi connectivity index (χ1) is 10.8. The fourth-order valence-corrected chi connectivity index (χ4v) is 2.78. The van der Waals surface area contributed by atoms with Crippen molar-refractivity contribution in [3.8, 4) is 5.69 Å². The number of carbonyl (C=O) groups is 1. The summed E-state index contributed by atoms with van der Waals surface area (Å²) in [6.45, 7) is 5.19. The van der Waals surface area contributed by atoms with Crippen molar-refractivity contribution in [1.29, 1.82) is 0 Å². The lowest BCUT2D eigenvalue weighted by Crippen LogP contribution is -2.47. The zero-order chi connectivity index (χ0) is 15.4. The predicted octanol–water partition coefficient (Wildman–Crippen LogP) is 1.48. The molecule has 1 unspecified atom stereocenters. The van der Waals surface area contributed by atoms with Gasteiger partial charge in [-0.1, -0.05) is 25.1 Å². The standard InChI is InChI=1S/C16H21N5O/c1-2-20-10-6-7-13(11-20)18-16(22)15-17-12-21(19-15)14-8-4-3-5-9-14/h3-5,8-9,12-13H,2,6-7,10-11H2,1H3,(H,18,22). The minimum Gasteiger partial charge on any atom is -0.345 e. The van der Waals surface area contributed by atoms with E-state index < -0.39 is 0 Å². The molecule has 1 fully saturated rings. The second kappa shape index (κ2) is 6.70. The molecule has 22 heavy (non-hydrogen) atoms. The van der Waals surface area contributed by atoms with Gasteiger partial charge in [0, 0.05) is 12.6 Å². The fourth-order valence-electron chi connectivity index (χ4n) is 2.78. The molecule has 0 bridgehead atoms. The molecule has 1 aliphatic heterocycles. The highest BCUT2D eigenvalue weighted by Crippen LogP contribution is 2.10. The zero-order valence-electron chi connectivity index (χ0n) is 12.8. The summed E-state index contributed by atoms with van der Waals surface area (Å²) in [5.41, 5.74) is 0.892. The molecule has 116 valence electrons. The molecule has 1 aromatic heterocycles. The number of benzene rings is 1. The molecule has 1 N–H and O–H groups in total. The van der Waals surface area contributed by atoms with Gasteiger partial charge < -0.3 is 10.2 Å². The van der Waals surface area contributed by atoms with Gasteiger partial charge in [0.2, 0.25) is 5.82 Å². The van der Waals surface area contributed by atoms with Crippen LogP contribution in [0.2, 0.25) is 0 Å². The number of piperidine rings is 1. The molecular weight excluding hydrogens is 278 g/mol. The van der Waals surface area contributed by atoms with Crippen LogP contribution in [0.5, 0.6) is 0 Å². The summed E-state index contributed by atoms with van der Waals surface area (Å²) in [7, 11) is 0. The van der Waals surface area contributed by atoms with E-state index in [1.807, 2.05) is 30.3 Å². The highest BCUT2D eigenvalue weighted by molar-refractivity contribution is 5.90. The average Bonchev–Trinajstić information content (AvgIpc) is 3.06. The van der Waals surface area contributed by atoms with E-state index in [-0.39, 0.29) is 17.8 Å². The summed E-state index contributed by atoms with van der Waals surface area (Å²) < 4.78 is 1.62. The predicted molar refractivity (Wildman–Crippen MR) is 84.0 cm³/mol. The SMILES string of the molecule is CCN1CCCC(NC(=O)c2ncn(-c3ccccc3)n2)C1. The number of nitrogens with zero attached hydrogens (tertiary/aromatic N) is 4. The largest absolute Gasteiger partial charge is 0.345 e. The Morgan fingerprint density at radius 1 is 1.36 bits per heavy atom. The number of aromatic nitrogens is 3. The molecule has 1 saturated heterocycles. The number of likely N-dealkylation sites (N-methyl/N-ethyl adjacent to an activating group) is 1. The second-order valence-electron chi connectivity index (χ2n) is 5.55. The third-order valence-corrected chi connectivity index (χ3v) is 4.00. The number of para-hydroxylation sites is 1. The Kier molecular flexibility index (Phi) is 4.48. The Hall–Kier alpha value is -2.21. The fraction of sp³-hybridized carbons (Fsp3) is 0.438. The molecule has 6 nitrogen and oxygen atoms in total. The van der Waals surface area contributed by atoms with Crippen molar-refractivity contribution in [2.24, 2.45) is 0 Å². The lowest BCUT2D eigenvalue weighted by molar-refractivity contribution is 0.0895. The minimum absolute atomic E-state index is 0.185. The molecule has 6 heteroatoms. The summed E-state index contributed by atoms with van der Waals surface area (Å²) in [4.78, 5) is 18.8. The molecule has 2 heterocycles. The Morgan fingerprint density at radius 2 is 2.18 bits per heavy atom. The Morgan fingerprint density at radius 3 is 2.95 bits per heavy atom. The van der Waals surface area contributed by atoms with E-state index in [0.29, 0.717) is 0 Å². The topological polar surface area (TPSA) is 63.1 Å². The minimum atomic E-state index is -0.197. The van der Waals surface area contributed by atoms with Crippen LogP contribution in [-0.4, -0.2) is 51.2 Å². The van der Waals surface area contributed by atoms with Crippen LogP contribution in [0.15, 0.2) is 36.7 Å². The third kappa shape index (κ3) is 3.33. The van der Waals surface area contributed by atoms with Gasteiger partial charge in [-0.2, -0.15) is 0 Å². The van der Waals surface area contributed by atoms with Gasteiger partial charge >= 0.3 is 0 Å². The first-order valence-corrected chi connectivity index (χ1v) is 7.76. The number of carbonyl (C=O) groups excluding carboxylic acids is 1. The van der Waals surface area contributed by atoms with Crippen LogP contribution in [0.3, 0.4) is 0 Å². The molecule has 0 spiro atoms. The highest BCUT2D eigenvalue weighted by Gasteiger charge is 2.22. The second-order valence-corrected chi connectivity index (χ2v) is 5.55. The maximum Gasteiger partial charge on any atom is 0.291 e. The van der Waals surface area contributed by atoms with Gasteiger partial charge in [0.1, 0.15) is 6.33 Å². The van der Waals surface area contributed by atoms with E-state index in [2.05, 4.69) is 27.2 Å². The van der Waals surface area contributed by atoms with E-state index in [0.717, 1.165) is 38.2 Å². The van der Waals surface area contributed by atoms with Crippen molar-refractivity contribution in [3.63, 3.8) is 0 Å². The van der Waals surface area contributed by atoms with Gasteiger partial charge in [-0.05, 0) is 38.1 Å². The molecular formula is C16H21N5O. The van der Waals surface area contributed by atoms with Crippen molar-refractivity contribution in [3.05, 3.63) is 42.5 Å². The average molecular weight is 299 g/mol. The molecule has 1 aliphatic rings. The van der Waals surface area contributed by atoms with E-state index in [1.165, 1.54) is 0 Å². The number of amides is 1. The maximum atomic E-state index is 12.3. The Balaban J connectivity index is 1.64. The van der Waals surface area contributed by atoms with E-state index in [1.54, 1.807) is 11.0 Å². The Bertz CT molecular complexity index is 624. The smallest absolute Gasteiger partial charge is 0.291 e. The van der Waals surface area contributed by atoms with Crippen LogP contribution in [0, 0.1) is 0 Å². The lowest BCUT2D eigenvalue weighted by atomic mass is 10.1. The number of nitrogens with one attached hydrogen (secondary N) is 1. The van der Waals surface area contributed by atoms with Gasteiger partial charge in [-0.25, -0.2) is 9.67 Å². The van der Waals surface area contributed by atoms with Crippen molar-refractivity contribution < 1.29 is 4.79 Å². The number of hydrogen-bond acceptors (Lipinski definition) is 4. The third-order valence-electron chi connectivity index (χ3n) is 4.00. The van der Waals surface area contributed by atoms with E-state index >= 15 is 0 Å². The first kappa shape index (κ1) is 14.7. The van der Waals surface area contributed by atoms with Gasteiger partial charge in [-0.15, -0.1) is 5.10 Å². The van der Waals surface area contributed by atoms with Gasteiger partial charge in [-0.3, -0.25) is 4.79 Å². The Labute approximate surface area is 130 Å². The van der Waals surface area contributed by atoms with Gasteiger partial charge in [0.25, 0.3) is 5.91 Å². The normalized spacial score (nSPS) is 19.0. The number of likely N-dealkylation sites (tertiary alicyclic amines) is 1. The number of hydrogen-bond donors (Lipinski definition) is 1. The van der Waals surface area contributed by atoms with Crippen molar-refractivity contribution >= 4 is 5.91 Å². The van der Waals surface area contributed by atoms with Gasteiger partial charge in [0.15, 0.2) is 0 Å².